The zero-order valence-corrected chi connectivity index (χ0v) is 11.5. The molecule has 0 radical (unpaired) electrons. The fraction of sp³-hybridized carbons (Fsp3) is 0.500. The maximum atomic E-state index is 12.4. The molecule has 17 heavy (non-hydrogen) atoms. The summed E-state index contributed by atoms with van der Waals surface area (Å²) in [5, 5.41) is 0. The summed E-state index contributed by atoms with van der Waals surface area (Å²) in [6.07, 6.45) is 0. The SMILES string of the molecule is COc1cccc(C)c1C(=O)N(C)C(C)(C)C. The summed E-state index contributed by atoms with van der Waals surface area (Å²) in [7, 11) is 3.40. The largest absolute Gasteiger partial charge is 0.496 e. The van der Waals surface area contributed by atoms with Crippen LogP contribution in [0.25, 0.3) is 0 Å². The van der Waals surface area contributed by atoms with E-state index in [0.29, 0.717) is 11.3 Å². The van der Waals surface area contributed by atoms with Crippen LogP contribution in [0.2, 0.25) is 0 Å². The van der Waals surface area contributed by atoms with E-state index in [1.165, 1.54) is 0 Å². The van der Waals surface area contributed by atoms with Gasteiger partial charge < -0.3 is 9.64 Å². The summed E-state index contributed by atoms with van der Waals surface area (Å²) in [4.78, 5) is 14.2. The molecule has 3 nitrogen and oxygen atoms in total. The third kappa shape index (κ3) is 2.78. The van der Waals surface area contributed by atoms with Gasteiger partial charge in [-0.25, -0.2) is 0 Å². The van der Waals surface area contributed by atoms with Crippen molar-refractivity contribution in [3.05, 3.63) is 29.3 Å². The lowest BCUT2D eigenvalue weighted by Gasteiger charge is -2.32. The molecule has 0 spiro atoms. The lowest BCUT2D eigenvalue weighted by Crippen LogP contribution is -2.42. The van der Waals surface area contributed by atoms with Gasteiger partial charge in [-0.2, -0.15) is 0 Å². The standard InChI is InChI=1S/C14H21NO2/c1-10-8-7-9-11(17-6)12(10)13(16)15(5)14(2,3)4/h7-9H,1-6H3. The van der Waals surface area contributed by atoms with E-state index >= 15 is 0 Å². The van der Waals surface area contributed by atoms with Crippen LogP contribution in [0.4, 0.5) is 0 Å². The van der Waals surface area contributed by atoms with Crippen LogP contribution in [0.5, 0.6) is 5.75 Å². The fourth-order valence-corrected chi connectivity index (χ4v) is 1.56. The Morgan fingerprint density at radius 2 is 1.88 bits per heavy atom. The van der Waals surface area contributed by atoms with E-state index in [1.54, 1.807) is 12.0 Å². The summed E-state index contributed by atoms with van der Waals surface area (Å²) >= 11 is 0. The molecule has 94 valence electrons. The van der Waals surface area contributed by atoms with Crippen molar-refractivity contribution in [3.8, 4) is 5.75 Å². The van der Waals surface area contributed by atoms with Crippen LogP contribution < -0.4 is 4.74 Å². The highest BCUT2D eigenvalue weighted by Crippen LogP contribution is 2.25. The van der Waals surface area contributed by atoms with Gasteiger partial charge in [0, 0.05) is 12.6 Å². The number of amides is 1. The molecule has 0 heterocycles. The summed E-state index contributed by atoms with van der Waals surface area (Å²) in [6, 6.07) is 5.63. The minimum absolute atomic E-state index is 0.00699. The second-order valence-electron chi connectivity index (χ2n) is 5.19. The molecule has 0 N–H and O–H groups in total. The van der Waals surface area contributed by atoms with Crippen LogP contribution in [0, 0.1) is 6.92 Å². The van der Waals surface area contributed by atoms with E-state index in [4.69, 9.17) is 4.74 Å². The molecule has 0 unspecified atom stereocenters. The Morgan fingerprint density at radius 1 is 1.29 bits per heavy atom. The molecule has 0 saturated heterocycles. The highest BCUT2D eigenvalue weighted by molar-refractivity contribution is 5.98. The highest BCUT2D eigenvalue weighted by atomic mass is 16.5. The predicted molar refractivity (Wildman–Crippen MR) is 69.6 cm³/mol. The number of carbonyl (C=O) groups excluding carboxylic acids is 1. The monoisotopic (exact) mass is 235 g/mol. The average molecular weight is 235 g/mol. The van der Waals surface area contributed by atoms with Gasteiger partial charge in [-0.3, -0.25) is 4.79 Å². The smallest absolute Gasteiger partial charge is 0.258 e. The second kappa shape index (κ2) is 4.78. The number of ether oxygens (including phenoxy) is 1. The predicted octanol–water partition coefficient (Wildman–Crippen LogP) is 2.87. The Balaban J connectivity index is 3.21. The number of methoxy groups -OCH3 is 1. The molecular weight excluding hydrogens is 214 g/mol. The van der Waals surface area contributed by atoms with Crippen molar-refractivity contribution in [1.82, 2.24) is 4.90 Å². The van der Waals surface area contributed by atoms with E-state index in [-0.39, 0.29) is 11.4 Å². The first-order valence-electron chi connectivity index (χ1n) is 5.70. The molecule has 0 aliphatic rings. The van der Waals surface area contributed by atoms with Gasteiger partial charge in [0.05, 0.1) is 12.7 Å². The second-order valence-corrected chi connectivity index (χ2v) is 5.19. The first kappa shape index (κ1) is 13.6. The van der Waals surface area contributed by atoms with E-state index in [9.17, 15) is 4.79 Å². The molecular formula is C14H21NO2. The third-order valence-electron chi connectivity index (χ3n) is 2.98. The topological polar surface area (TPSA) is 29.5 Å². The maximum absolute atomic E-state index is 12.4. The molecule has 1 aromatic rings. The lowest BCUT2D eigenvalue weighted by atomic mass is 10.0. The Bertz CT molecular complexity index is 419. The maximum Gasteiger partial charge on any atom is 0.258 e. The van der Waals surface area contributed by atoms with Gasteiger partial charge in [0.15, 0.2) is 0 Å². The van der Waals surface area contributed by atoms with Crippen LogP contribution in [-0.2, 0) is 0 Å². The van der Waals surface area contributed by atoms with Crippen molar-refractivity contribution in [2.75, 3.05) is 14.2 Å². The van der Waals surface area contributed by atoms with E-state index in [0.717, 1.165) is 5.56 Å². The van der Waals surface area contributed by atoms with E-state index in [1.807, 2.05) is 52.9 Å². The number of rotatable bonds is 2. The Morgan fingerprint density at radius 3 is 2.35 bits per heavy atom. The number of benzene rings is 1. The summed E-state index contributed by atoms with van der Waals surface area (Å²) in [5.41, 5.74) is 1.38. The van der Waals surface area contributed by atoms with Crippen LogP contribution >= 0.6 is 0 Å². The van der Waals surface area contributed by atoms with Crippen LogP contribution in [0.3, 0.4) is 0 Å². The first-order valence-corrected chi connectivity index (χ1v) is 5.70. The van der Waals surface area contributed by atoms with Gasteiger partial charge in [0.2, 0.25) is 0 Å². The zero-order valence-electron chi connectivity index (χ0n) is 11.5. The highest BCUT2D eigenvalue weighted by Gasteiger charge is 2.26. The molecule has 0 bridgehead atoms. The lowest BCUT2D eigenvalue weighted by molar-refractivity contribution is 0.0651. The molecule has 0 aromatic heterocycles. The molecule has 0 fully saturated rings. The van der Waals surface area contributed by atoms with Crippen molar-refractivity contribution in [2.45, 2.75) is 33.2 Å². The minimum atomic E-state index is -0.204. The van der Waals surface area contributed by atoms with Gasteiger partial charge in [0.1, 0.15) is 5.75 Å². The third-order valence-corrected chi connectivity index (χ3v) is 2.98. The average Bonchev–Trinajstić information content (AvgIpc) is 2.25. The number of aryl methyl sites for hydroxylation is 1. The molecule has 0 aliphatic carbocycles. The van der Waals surface area contributed by atoms with Crippen molar-refractivity contribution in [2.24, 2.45) is 0 Å². The molecule has 0 aliphatic heterocycles. The fourth-order valence-electron chi connectivity index (χ4n) is 1.56. The quantitative estimate of drug-likeness (QED) is 0.789. The minimum Gasteiger partial charge on any atom is -0.496 e. The van der Waals surface area contributed by atoms with Gasteiger partial charge in [-0.1, -0.05) is 12.1 Å². The van der Waals surface area contributed by atoms with Crippen molar-refractivity contribution >= 4 is 5.91 Å². The van der Waals surface area contributed by atoms with Crippen molar-refractivity contribution in [3.63, 3.8) is 0 Å². The first-order chi connectivity index (χ1) is 7.79. The number of nitrogens with zero attached hydrogens (tertiary/aromatic N) is 1. The van der Waals surface area contributed by atoms with Gasteiger partial charge in [-0.05, 0) is 39.3 Å². The zero-order chi connectivity index (χ0) is 13.2. The summed E-state index contributed by atoms with van der Waals surface area (Å²) in [5.74, 6) is 0.624. The Kier molecular flexibility index (Phi) is 3.81. The molecule has 3 heteroatoms. The van der Waals surface area contributed by atoms with E-state index < -0.39 is 0 Å². The number of carbonyl (C=O) groups is 1. The summed E-state index contributed by atoms with van der Waals surface area (Å²) < 4.78 is 5.26. The van der Waals surface area contributed by atoms with Crippen molar-refractivity contribution in [1.29, 1.82) is 0 Å². The molecule has 1 rings (SSSR count). The van der Waals surface area contributed by atoms with Gasteiger partial charge in [-0.15, -0.1) is 0 Å². The van der Waals surface area contributed by atoms with Crippen LogP contribution in [0.1, 0.15) is 36.7 Å². The van der Waals surface area contributed by atoms with Gasteiger partial charge >= 0.3 is 0 Å². The molecule has 1 amide bonds. The summed E-state index contributed by atoms with van der Waals surface area (Å²) in [6.45, 7) is 7.95. The number of hydrogen-bond acceptors (Lipinski definition) is 2. The molecule has 0 atom stereocenters. The van der Waals surface area contributed by atoms with Crippen molar-refractivity contribution < 1.29 is 9.53 Å². The Hall–Kier alpha value is -1.51. The van der Waals surface area contributed by atoms with Crippen LogP contribution in [0.15, 0.2) is 18.2 Å². The Labute approximate surface area is 103 Å². The molecule has 0 saturated carbocycles. The van der Waals surface area contributed by atoms with E-state index in [2.05, 4.69) is 0 Å². The van der Waals surface area contributed by atoms with Crippen LogP contribution in [-0.4, -0.2) is 30.5 Å². The normalized spacial score (nSPS) is 11.2. The molecule has 1 aromatic carbocycles. The van der Waals surface area contributed by atoms with Gasteiger partial charge in [0.25, 0.3) is 5.91 Å². The number of hydrogen-bond donors (Lipinski definition) is 0.